The summed E-state index contributed by atoms with van der Waals surface area (Å²) in [5, 5.41) is 14.1. The van der Waals surface area contributed by atoms with Crippen LogP contribution < -0.4 is 16.6 Å². The predicted molar refractivity (Wildman–Crippen MR) is 123 cm³/mol. The molecule has 0 aliphatic rings. The second-order valence-corrected chi connectivity index (χ2v) is 7.87. The van der Waals surface area contributed by atoms with Crippen molar-refractivity contribution in [2.24, 2.45) is 0 Å². The SMILES string of the molecule is Cc1noc(-c2c(N)ncnc2N[C@@H](C)c2cc3c(Cl)ccc(F)c3c(=O)n2-c2ccn[nH]2)n1. The maximum absolute atomic E-state index is 14.6. The lowest BCUT2D eigenvalue weighted by Gasteiger charge is -2.21. The van der Waals surface area contributed by atoms with Crippen LogP contribution in [0.5, 0.6) is 0 Å². The summed E-state index contributed by atoms with van der Waals surface area (Å²) >= 11 is 6.32. The number of aryl methyl sites for hydroxylation is 1. The van der Waals surface area contributed by atoms with Crippen molar-refractivity contribution in [3.63, 3.8) is 0 Å². The van der Waals surface area contributed by atoms with Gasteiger partial charge in [0.25, 0.3) is 11.4 Å². The molecule has 0 saturated carbocycles. The monoisotopic (exact) mass is 481 g/mol. The third-order valence-electron chi connectivity index (χ3n) is 5.25. The Bertz CT molecular complexity index is 1580. The molecule has 0 saturated heterocycles. The standard InChI is InChI=1S/C21H17ClFN9O2/c1-9(28-19-17(18(24)25-8-26-19)20-29-10(2)31-34-20)14-7-11-12(22)3-4-13(23)16(11)21(33)32(14)15-5-6-27-30-15/h3-9H,1-2H3,(H,27,30)(H3,24,25,26,28)/t9-/m0/s1. The smallest absolute Gasteiger partial charge is 0.267 e. The van der Waals surface area contributed by atoms with Crippen LogP contribution in [-0.2, 0) is 0 Å². The molecule has 0 spiro atoms. The molecule has 13 heteroatoms. The second kappa shape index (κ2) is 8.23. The van der Waals surface area contributed by atoms with Crippen molar-refractivity contribution >= 4 is 34.0 Å². The first-order chi connectivity index (χ1) is 16.3. The molecule has 0 bridgehead atoms. The van der Waals surface area contributed by atoms with Gasteiger partial charge in [0.15, 0.2) is 5.82 Å². The molecule has 4 heterocycles. The molecule has 4 N–H and O–H groups in total. The minimum absolute atomic E-state index is 0.128. The molecular formula is C21H17ClFN9O2. The van der Waals surface area contributed by atoms with E-state index in [1.807, 2.05) is 0 Å². The van der Waals surface area contributed by atoms with Gasteiger partial charge in [0.05, 0.1) is 23.3 Å². The van der Waals surface area contributed by atoms with Crippen molar-refractivity contribution in [1.29, 1.82) is 0 Å². The summed E-state index contributed by atoms with van der Waals surface area (Å²) in [4.78, 5) is 25.9. The van der Waals surface area contributed by atoms with Crippen LogP contribution in [0, 0.1) is 12.7 Å². The molecule has 5 rings (SSSR count). The Morgan fingerprint density at radius 3 is 2.82 bits per heavy atom. The van der Waals surface area contributed by atoms with E-state index < -0.39 is 17.4 Å². The van der Waals surface area contributed by atoms with Gasteiger partial charge in [-0.3, -0.25) is 14.5 Å². The first-order valence-corrected chi connectivity index (χ1v) is 10.4. The number of nitrogen functional groups attached to an aromatic ring is 1. The highest BCUT2D eigenvalue weighted by molar-refractivity contribution is 6.35. The molecule has 11 nitrogen and oxygen atoms in total. The summed E-state index contributed by atoms with van der Waals surface area (Å²) in [5.41, 5.74) is 6.25. The van der Waals surface area contributed by atoms with Crippen LogP contribution in [0.2, 0.25) is 5.02 Å². The van der Waals surface area contributed by atoms with Crippen LogP contribution in [0.25, 0.3) is 28.0 Å². The number of pyridine rings is 1. The zero-order chi connectivity index (χ0) is 24.0. The fourth-order valence-corrected chi connectivity index (χ4v) is 3.92. The molecule has 0 fully saturated rings. The number of fused-ring (bicyclic) bond motifs is 1. The normalized spacial score (nSPS) is 12.2. The molecule has 172 valence electrons. The Labute approximate surface area is 195 Å². The van der Waals surface area contributed by atoms with Crippen LogP contribution in [0.1, 0.15) is 24.5 Å². The van der Waals surface area contributed by atoms with Crippen molar-refractivity contribution in [3.05, 3.63) is 69.5 Å². The van der Waals surface area contributed by atoms with Gasteiger partial charge in [-0.15, -0.1) is 0 Å². The van der Waals surface area contributed by atoms with Gasteiger partial charge >= 0.3 is 0 Å². The first-order valence-electron chi connectivity index (χ1n) is 10.1. The zero-order valence-electron chi connectivity index (χ0n) is 17.9. The van der Waals surface area contributed by atoms with Gasteiger partial charge in [-0.1, -0.05) is 16.8 Å². The number of hydrogen-bond donors (Lipinski definition) is 3. The van der Waals surface area contributed by atoms with Crippen LogP contribution >= 0.6 is 11.6 Å². The average molecular weight is 482 g/mol. The fraction of sp³-hybridized carbons (Fsp3) is 0.143. The van der Waals surface area contributed by atoms with Crippen molar-refractivity contribution < 1.29 is 8.91 Å². The largest absolute Gasteiger partial charge is 0.383 e. The number of benzene rings is 1. The highest BCUT2D eigenvalue weighted by Crippen LogP contribution is 2.33. The van der Waals surface area contributed by atoms with Crippen molar-refractivity contribution in [3.8, 4) is 17.3 Å². The molecule has 5 aromatic rings. The third-order valence-corrected chi connectivity index (χ3v) is 5.58. The van der Waals surface area contributed by atoms with Gasteiger partial charge in [-0.2, -0.15) is 10.1 Å². The highest BCUT2D eigenvalue weighted by atomic mass is 35.5. The van der Waals surface area contributed by atoms with Crippen molar-refractivity contribution in [2.45, 2.75) is 19.9 Å². The second-order valence-electron chi connectivity index (χ2n) is 7.46. The van der Waals surface area contributed by atoms with E-state index in [9.17, 15) is 9.18 Å². The Morgan fingerprint density at radius 2 is 2.12 bits per heavy atom. The molecule has 0 unspecified atom stereocenters. The topological polar surface area (TPSA) is 153 Å². The predicted octanol–water partition coefficient (Wildman–Crippen LogP) is 3.41. The Hall–Kier alpha value is -4.32. The number of aromatic nitrogens is 7. The van der Waals surface area contributed by atoms with Crippen molar-refractivity contribution in [1.82, 2.24) is 34.9 Å². The number of nitrogens with one attached hydrogen (secondary N) is 2. The molecule has 0 aliphatic heterocycles. The van der Waals surface area contributed by atoms with E-state index in [4.69, 9.17) is 21.9 Å². The van der Waals surface area contributed by atoms with E-state index in [-0.39, 0.29) is 27.5 Å². The Balaban J connectivity index is 1.69. The molecule has 1 atom stereocenters. The summed E-state index contributed by atoms with van der Waals surface area (Å²) < 4.78 is 21.2. The van der Waals surface area contributed by atoms with Crippen molar-refractivity contribution in [2.75, 3.05) is 11.1 Å². The maximum atomic E-state index is 14.6. The van der Waals surface area contributed by atoms with Crippen LogP contribution in [0.3, 0.4) is 0 Å². The molecule has 0 aliphatic carbocycles. The number of halogens is 2. The summed E-state index contributed by atoms with van der Waals surface area (Å²) in [6.45, 7) is 3.46. The van der Waals surface area contributed by atoms with Gasteiger partial charge in [0, 0.05) is 16.5 Å². The zero-order valence-corrected chi connectivity index (χ0v) is 18.6. The van der Waals surface area contributed by atoms with Gasteiger partial charge in [-0.25, -0.2) is 14.4 Å². The number of nitrogens with zero attached hydrogens (tertiary/aromatic N) is 6. The number of nitrogens with two attached hydrogens (primary N) is 1. The molecule has 34 heavy (non-hydrogen) atoms. The van der Waals surface area contributed by atoms with E-state index in [0.29, 0.717) is 28.7 Å². The van der Waals surface area contributed by atoms with Crippen LogP contribution in [-0.4, -0.2) is 34.9 Å². The summed E-state index contributed by atoms with van der Waals surface area (Å²) in [7, 11) is 0. The van der Waals surface area contributed by atoms with Gasteiger partial charge in [0.2, 0.25) is 0 Å². The number of rotatable bonds is 5. The number of anilines is 2. The molecule has 0 amide bonds. The van der Waals surface area contributed by atoms with E-state index in [1.54, 1.807) is 26.0 Å². The van der Waals surface area contributed by atoms with E-state index in [1.165, 1.54) is 23.2 Å². The summed E-state index contributed by atoms with van der Waals surface area (Å²) in [5.74, 6) is 0.657. The number of aromatic amines is 1. The third kappa shape index (κ3) is 3.53. The Morgan fingerprint density at radius 1 is 1.29 bits per heavy atom. The quantitative estimate of drug-likeness (QED) is 0.342. The van der Waals surface area contributed by atoms with Crippen LogP contribution in [0.4, 0.5) is 16.0 Å². The highest BCUT2D eigenvalue weighted by Gasteiger charge is 2.23. The minimum atomic E-state index is -0.678. The number of hydrogen-bond acceptors (Lipinski definition) is 9. The van der Waals surface area contributed by atoms with E-state index in [2.05, 4.69) is 35.6 Å². The van der Waals surface area contributed by atoms with Gasteiger partial charge in [-0.05, 0) is 32.0 Å². The van der Waals surface area contributed by atoms with E-state index >= 15 is 0 Å². The lowest BCUT2D eigenvalue weighted by atomic mass is 10.1. The van der Waals surface area contributed by atoms with Crippen LogP contribution in [0.15, 0.2) is 46.1 Å². The Kier molecular flexibility index (Phi) is 5.21. The lowest BCUT2D eigenvalue weighted by molar-refractivity contribution is 0.425. The molecule has 1 aromatic carbocycles. The first kappa shape index (κ1) is 21.5. The minimum Gasteiger partial charge on any atom is -0.383 e. The lowest BCUT2D eigenvalue weighted by Crippen LogP contribution is -2.26. The van der Waals surface area contributed by atoms with Gasteiger partial charge < -0.3 is 15.6 Å². The number of H-pyrrole nitrogens is 1. The molecular weight excluding hydrogens is 465 g/mol. The fourth-order valence-electron chi connectivity index (χ4n) is 3.70. The average Bonchev–Trinajstić information content (AvgIpc) is 3.48. The molecule has 0 radical (unpaired) electrons. The summed E-state index contributed by atoms with van der Waals surface area (Å²) in [6.07, 6.45) is 2.77. The van der Waals surface area contributed by atoms with E-state index in [0.717, 1.165) is 6.07 Å². The molecule has 4 aromatic heterocycles. The van der Waals surface area contributed by atoms with Gasteiger partial charge in [0.1, 0.15) is 35.2 Å². The maximum Gasteiger partial charge on any atom is 0.267 e. The summed E-state index contributed by atoms with van der Waals surface area (Å²) in [6, 6.07) is 5.25.